The van der Waals surface area contributed by atoms with E-state index in [1.165, 1.54) is 128 Å². The molecule has 1 fully saturated rings. The highest BCUT2D eigenvalue weighted by atomic mass is 15.2. The van der Waals surface area contributed by atoms with E-state index in [9.17, 15) is 0 Å². The zero-order chi connectivity index (χ0) is 41.2. The lowest BCUT2D eigenvalue weighted by Gasteiger charge is -2.34. The summed E-state index contributed by atoms with van der Waals surface area (Å²) < 4.78 is 0. The number of hydrogen-bond donors (Lipinski definition) is 0. The molecule has 7 aromatic carbocycles. The number of hydrogen-bond acceptors (Lipinski definition) is 2. The van der Waals surface area contributed by atoms with E-state index in [-0.39, 0.29) is 0 Å². The molecule has 0 N–H and O–H groups in total. The number of nitrogens with zero attached hydrogens (tertiary/aromatic N) is 2. The first kappa shape index (κ1) is 40.4. The monoisotopic (exact) mass is 777 g/mol. The summed E-state index contributed by atoms with van der Waals surface area (Å²) in [5.74, 6) is 2.60. The average molecular weight is 777 g/mol. The van der Waals surface area contributed by atoms with Crippen LogP contribution in [0.25, 0.3) is 21.5 Å². The molecule has 0 radical (unpaired) electrons. The zero-order valence-electron chi connectivity index (χ0n) is 36.9. The van der Waals surface area contributed by atoms with Crippen molar-refractivity contribution in [1.82, 2.24) is 0 Å². The summed E-state index contributed by atoms with van der Waals surface area (Å²) in [5.41, 5.74) is 15.1. The van der Waals surface area contributed by atoms with Crippen molar-refractivity contribution in [3.63, 3.8) is 0 Å². The Morgan fingerprint density at radius 2 is 1.02 bits per heavy atom. The molecule has 0 spiro atoms. The predicted molar refractivity (Wildman–Crippen MR) is 257 cm³/mol. The van der Waals surface area contributed by atoms with Crippen molar-refractivity contribution in [2.75, 3.05) is 9.80 Å². The Kier molecular flexibility index (Phi) is 12.0. The van der Waals surface area contributed by atoms with Gasteiger partial charge in [0.1, 0.15) is 0 Å². The molecule has 0 bridgehead atoms. The van der Waals surface area contributed by atoms with Crippen molar-refractivity contribution in [3.05, 3.63) is 167 Å². The Balaban J connectivity index is 1.53. The highest BCUT2D eigenvalue weighted by Crippen LogP contribution is 2.52. The predicted octanol–water partition coefficient (Wildman–Crippen LogP) is 17.1. The van der Waals surface area contributed by atoms with Crippen molar-refractivity contribution in [1.29, 1.82) is 0 Å². The molecule has 0 heterocycles. The normalized spacial score (nSPS) is 16.4. The first-order valence-electron chi connectivity index (χ1n) is 22.5. The molecule has 1 aliphatic rings. The van der Waals surface area contributed by atoms with Gasteiger partial charge in [-0.25, -0.2) is 0 Å². The van der Waals surface area contributed by atoms with Gasteiger partial charge in [-0.05, 0) is 165 Å². The Morgan fingerprint density at radius 3 is 1.44 bits per heavy atom. The first-order chi connectivity index (χ1) is 28.6. The van der Waals surface area contributed by atoms with Crippen LogP contribution in [-0.2, 0) is 6.42 Å². The summed E-state index contributed by atoms with van der Waals surface area (Å²) in [7, 11) is 0. The Hall–Kier alpha value is -5.34. The van der Waals surface area contributed by atoms with Crippen LogP contribution in [0.2, 0.25) is 0 Å². The zero-order valence-corrected chi connectivity index (χ0v) is 36.9. The second kappa shape index (κ2) is 17.5. The molecular weight excluding hydrogens is 713 g/mol. The Labute approximate surface area is 354 Å². The molecule has 0 amide bonds. The topological polar surface area (TPSA) is 6.48 Å². The largest absolute Gasteiger partial charge is 0.309 e. The van der Waals surface area contributed by atoms with Crippen LogP contribution in [0, 0.1) is 45.4 Å². The van der Waals surface area contributed by atoms with Crippen molar-refractivity contribution < 1.29 is 0 Å². The molecule has 1 saturated carbocycles. The smallest absolute Gasteiger partial charge is 0.0620 e. The van der Waals surface area contributed by atoms with Gasteiger partial charge in [0.15, 0.2) is 0 Å². The number of benzene rings is 7. The van der Waals surface area contributed by atoms with Crippen LogP contribution in [0.1, 0.15) is 106 Å². The van der Waals surface area contributed by atoms with Crippen LogP contribution in [0.3, 0.4) is 0 Å². The van der Waals surface area contributed by atoms with Crippen molar-refractivity contribution >= 4 is 55.7 Å². The summed E-state index contributed by atoms with van der Waals surface area (Å²) in [4.78, 5) is 5.13. The van der Waals surface area contributed by atoms with Gasteiger partial charge in [0, 0.05) is 44.3 Å². The second-order valence-corrected chi connectivity index (χ2v) is 18.1. The van der Waals surface area contributed by atoms with E-state index >= 15 is 0 Å². The van der Waals surface area contributed by atoms with E-state index in [1.54, 1.807) is 0 Å². The van der Waals surface area contributed by atoms with Gasteiger partial charge < -0.3 is 9.80 Å². The van der Waals surface area contributed by atoms with Crippen LogP contribution >= 0.6 is 0 Å². The highest BCUT2D eigenvalue weighted by molar-refractivity contribution is 6.23. The molecule has 0 saturated heterocycles. The van der Waals surface area contributed by atoms with E-state index in [4.69, 9.17) is 0 Å². The van der Waals surface area contributed by atoms with Crippen LogP contribution in [0.5, 0.6) is 0 Å². The van der Waals surface area contributed by atoms with Gasteiger partial charge in [-0.15, -0.1) is 0 Å². The van der Waals surface area contributed by atoms with Crippen LogP contribution in [0.4, 0.5) is 34.1 Å². The van der Waals surface area contributed by atoms with Crippen LogP contribution in [0.15, 0.2) is 133 Å². The molecule has 8 rings (SSSR count). The second-order valence-electron chi connectivity index (χ2n) is 18.1. The highest BCUT2D eigenvalue weighted by Gasteiger charge is 2.28. The minimum absolute atomic E-state index is 0.434. The molecule has 7 aromatic rings. The quantitative estimate of drug-likeness (QED) is 0.0850. The Bertz CT molecular complexity index is 2490. The summed E-state index contributed by atoms with van der Waals surface area (Å²) >= 11 is 0. The van der Waals surface area contributed by atoms with E-state index < -0.39 is 0 Å². The minimum atomic E-state index is 0.434. The molecule has 4 unspecified atom stereocenters. The van der Waals surface area contributed by atoms with Crippen LogP contribution in [-0.4, -0.2) is 0 Å². The molecule has 2 nitrogen and oxygen atoms in total. The summed E-state index contributed by atoms with van der Waals surface area (Å²) in [6.07, 6.45) is 8.72. The van der Waals surface area contributed by atoms with Crippen molar-refractivity contribution in [2.45, 2.75) is 106 Å². The van der Waals surface area contributed by atoms with Gasteiger partial charge in [-0.3, -0.25) is 0 Å². The van der Waals surface area contributed by atoms with Gasteiger partial charge in [0.2, 0.25) is 0 Å². The van der Waals surface area contributed by atoms with E-state index in [0.29, 0.717) is 11.8 Å². The maximum atomic E-state index is 2.58. The fraction of sp³-hybridized carbons (Fsp3) is 0.333. The third kappa shape index (κ3) is 8.42. The van der Waals surface area contributed by atoms with E-state index in [2.05, 4.69) is 199 Å². The summed E-state index contributed by atoms with van der Waals surface area (Å²) in [6, 6.07) is 51.4. The lowest BCUT2D eigenvalue weighted by atomic mass is 9.81. The minimum Gasteiger partial charge on any atom is -0.309 e. The first-order valence-corrected chi connectivity index (χ1v) is 22.5. The molecule has 2 heteroatoms. The number of aryl methyl sites for hydroxylation is 4. The molecule has 1 aliphatic carbocycles. The lowest BCUT2D eigenvalue weighted by molar-refractivity contribution is 0.398. The third-order valence-electron chi connectivity index (χ3n) is 13.4. The van der Waals surface area contributed by atoms with Gasteiger partial charge in [-0.1, -0.05) is 126 Å². The van der Waals surface area contributed by atoms with E-state index in [1.807, 2.05) is 0 Å². The molecule has 59 heavy (non-hydrogen) atoms. The average Bonchev–Trinajstić information content (AvgIpc) is 3.64. The SMILES string of the molecule is CCCC(CC)C(C)c1ccc2c(N(c3cccc(C)c3)c3cccc(C)c3)c3cc(CC4CCC(C)C4)ccc3c(N(c3cccc(C)c3)c3cccc(C)c3)c2c1. The van der Waals surface area contributed by atoms with Crippen LogP contribution < -0.4 is 9.80 Å². The fourth-order valence-corrected chi connectivity index (χ4v) is 10.3. The van der Waals surface area contributed by atoms with Gasteiger partial charge in [0.25, 0.3) is 0 Å². The summed E-state index contributed by atoms with van der Waals surface area (Å²) in [5, 5.41) is 5.12. The van der Waals surface area contributed by atoms with Gasteiger partial charge >= 0.3 is 0 Å². The summed E-state index contributed by atoms with van der Waals surface area (Å²) in [6.45, 7) is 18.5. The van der Waals surface area contributed by atoms with Crippen molar-refractivity contribution in [2.24, 2.45) is 17.8 Å². The van der Waals surface area contributed by atoms with Gasteiger partial charge in [-0.2, -0.15) is 0 Å². The lowest BCUT2D eigenvalue weighted by Crippen LogP contribution is -2.16. The fourth-order valence-electron chi connectivity index (χ4n) is 10.3. The van der Waals surface area contributed by atoms with E-state index in [0.717, 1.165) is 18.3 Å². The van der Waals surface area contributed by atoms with Crippen molar-refractivity contribution in [3.8, 4) is 0 Å². The number of anilines is 6. The molecule has 0 aromatic heterocycles. The van der Waals surface area contributed by atoms with Gasteiger partial charge in [0.05, 0.1) is 11.4 Å². The maximum absolute atomic E-state index is 2.58. The Morgan fingerprint density at radius 1 is 0.542 bits per heavy atom. The molecule has 0 aliphatic heterocycles. The maximum Gasteiger partial charge on any atom is 0.0620 e. The third-order valence-corrected chi connectivity index (χ3v) is 13.4. The molecular formula is C57H64N2. The number of fused-ring (bicyclic) bond motifs is 2. The molecule has 4 atom stereocenters. The molecule has 302 valence electrons. The number of rotatable bonds is 13. The standard InChI is InChI=1S/C57H64N2/c1-9-15-46(10-2)43(8)47-27-29-53-55(37-47)57(59(50-22-13-18-40(5)33-50)51-23-14-19-41(6)34-51)52-28-26-45(35-44-25-24-42(7)30-44)36-54(52)56(53)58(48-20-11-16-38(3)31-48)49-21-12-17-39(4)32-49/h11-14,16-23,26-29,31-34,36-37,42-44,46H,9-10,15,24-25,30,35H2,1-8H3.